The van der Waals surface area contributed by atoms with E-state index in [1.807, 2.05) is 0 Å². The number of halogens is 2. The fourth-order valence-electron chi connectivity index (χ4n) is 1.40. The van der Waals surface area contributed by atoms with Crippen LogP contribution in [0.15, 0.2) is 18.2 Å². The highest BCUT2D eigenvalue weighted by Crippen LogP contribution is 2.25. The van der Waals surface area contributed by atoms with Crippen molar-refractivity contribution in [1.82, 2.24) is 0 Å². The average molecular weight is 309 g/mol. The van der Waals surface area contributed by atoms with Crippen LogP contribution in [0.1, 0.15) is 24.2 Å². The topological polar surface area (TPSA) is 57.5 Å². The van der Waals surface area contributed by atoms with Gasteiger partial charge >= 0.3 is 0 Å². The van der Waals surface area contributed by atoms with Gasteiger partial charge in [0, 0.05) is 23.6 Å². The van der Waals surface area contributed by atoms with Crippen LogP contribution in [0.25, 0.3) is 0 Å². The monoisotopic (exact) mass is 308 g/mol. The van der Waals surface area contributed by atoms with Crippen LogP contribution in [0.3, 0.4) is 0 Å². The molecule has 2 unspecified atom stereocenters. The molecule has 6 heteroatoms. The maximum absolute atomic E-state index is 10.8. The number of hydrogen-bond acceptors (Lipinski definition) is 4. The molecule has 2 atom stereocenters. The highest BCUT2D eigenvalue weighted by molar-refractivity contribution is 8.13. The van der Waals surface area contributed by atoms with Gasteiger partial charge < -0.3 is 10.2 Å². The van der Waals surface area contributed by atoms with Crippen molar-refractivity contribution >= 4 is 40.1 Å². The van der Waals surface area contributed by atoms with Crippen molar-refractivity contribution in [3.63, 3.8) is 0 Å². The molecule has 1 aromatic carbocycles. The lowest BCUT2D eigenvalue weighted by Gasteiger charge is -2.18. The molecule has 0 aliphatic heterocycles. The van der Waals surface area contributed by atoms with Crippen molar-refractivity contribution in [2.75, 3.05) is 5.75 Å². The number of hydrogen-bond donors (Lipinski definition) is 2. The molecule has 18 heavy (non-hydrogen) atoms. The van der Waals surface area contributed by atoms with E-state index in [1.54, 1.807) is 18.2 Å². The van der Waals surface area contributed by atoms with Crippen LogP contribution < -0.4 is 0 Å². The summed E-state index contributed by atoms with van der Waals surface area (Å²) in [4.78, 5) is 10.8. The first-order chi connectivity index (χ1) is 8.45. The molecule has 0 aromatic heterocycles. The maximum Gasteiger partial charge on any atom is 0.185 e. The molecule has 0 spiro atoms. The van der Waals surface area contributed by atoms with Crippen molar-refractivity contribution in [1.29, 1.82) is 0 Å². The first-order valence-electron chi connectivity index (χ1n) is 5.29. The van der Waals surface area contributed by atoms with Crippen LogP contribution in [0.5, 0.6) is 0 Å². The van der Waals surface area contributed by atoms with E-state index in [0.29, 0.717) is 16.1 Å². The lowest BCUT2D eigenvalue weighted by Crippen LogP contribution is -2.21. The van der Waals surface area contributed by atoms with Crippen LogP contribution in [-0.4, -0.2) is 27.2 Å². The molecule has 3 nitrogen and oxygen atoms in total. The third-order valence-electron chi connectivity index (χ3n) is 2.38. The average Bonchev–Trinajstić information content (AvgIpc) is 2.35. The molecular weight excluding hydrogens is 295 g/mol. The van der Waals surface area contributed by atoms with Crippen molar-refractivity contribution in [3.05, 3.63) is 34.3 Å². The Morgan fingerprint density at radius 3 is 2.67 bits per heavy atom. The van der Waals surface area contributed by atoms with E-state index in [0.717, 1.165) is 11.8 Å². The molecule has 0 fully saturated rings. The summed E-state index contributed by atoms with van der Waals surface area (Å²) in [6.45, 7) is 1.41. The Morgan fingerprint density at radius 1 is 1.44 bits per heavy atom. The van der Waals surface area contributed by atoms with E-state index in [2.05, 4.69) is 0 Å². The Bertz CT molecular complexity index is 426. The largest absolute Gasteiger partial charge is 0.389 e. The SMILES string of the molecule is CC(=O)SCC(O)C(O)c1ccc(Cl)c(CCl)c1. The summed E-state index contributed by atoms with van der Waals surface area (Å²) in [7, 11) is 0. The zero-order valence-electron chi connectivity index (χ0n) is 9.77. The lowest BCUT2D eigenvalue weighted by molar-refractivity contribution is -0.109. The first kappa shape index (κ1) is 15.8. The zero-order valence-corrected chi connectivity index (χ0v) is 12.1. The normalized spacial score (nSPS) is 14.3. The van der Waals surface area contributed by atoms with Crippen molar-refractivity contribution in [3.8, 4) is 0 Å². The molecule has 0 radical (unpaired) electrons. The summed E-state index contributed by atoms with van der Waals surface area (Å²) in [5.74, 6) is 0.382. The standard InChI is InChI=1S/C12H14Cl2O3S/c1-7(15)18-6-11(16)12(17)8-2-3-10(14)9(4-8)5-13/h2-4,11-12,16-17H,5-6H2,1H3. The summed E-state index contributed by atoms with van der Waals surface area (Å²) >= 11 is 12.6. The van der Waals surface area contributed by atoms with E-state index in [-0.39, 0.29) is 16.7 Å². The van der Waals surface area contributed by atoms with Gasteiger partial charge in [0.15, 0.2) is 5.12 Å². The highest BCUT2D eigenvalue weighted by Gasteiger charge is 2.19. The van der Waals surface area contributed by atoms with E-state index in [4.69, 9.17) is 23.2 Å². The van der Waals surface area contributed by atoms with Crippen LogP contribution in [-0.2, 0) is 10.7 Å². The van der Waals surface area contributed by atoms with Gasteiger partial charge in [-0.2, -0.15) is 0 Å². The summed E-state index contributed by atoms with van der Waals surface area (Å²) in [5, 5.41) is 20.1. The van der Waals surface area contributed by atoms with Gasteiger partial charge in [0.2, 0.25) is 0 Å². The van der Waals surface area contributed by atoms with Crippen molar-refractivity contribution < 1.29 is 15.0 Å². The molecule has 100 valence electrons. The molecule has 1 rings (SSSR count). The number of benzene rings is 1. The van der Waals surface area contributed by atoms with Crippen LogP contribution in [0.2, 0.25) is 5.02 Å². The molecule has 0 amide bonds. The van der Waals surface area contributed by atoms with Crippen LogP contribution in [0.4, 0.5) is 0 Å². The quantitative estimate of drug-likeness (QED) is 0.821. The number of alkyl halides is 1. The minimum absolute atomic E-state index is 0.0983. The van der Waals surface area contributed by atoms with E-state index in [9.17, 15) is 15.0 Å². The van der Waals surface area contributed by atoms with E-state index >= 15 is 0 Å². The molecular formula is C12H14Cl2O3S. The lowest BCUT2D eigenvalue weighted by atomic mass is 10.0. The number of thioether (sulfide) groups is 1. The number of carbonyl (C=O) groups excluding carboxylic acids is 1. The molecule has 0 aliphatic carbocycles. The molecule has 2 N–H and O–H groups in total. The third kappa shape index (κ3) is 4.44. The van der Waals surface area contributed by atoms with Gasteiger partial charge in [0.1, 0.15) is 6.10 Å². The van der Waals surface area contributed by atoms with Crippen LogP contribution in [0, 0.1) is 0 Å². The molecule has 1 aromatic rings. The Kier molecular flexibility index (Phi) is 6.46. The Hall–Kier alpha value is -0.260. The summed E-state index contributed by atoms with van der Waals surface area (Å²) < 4.78 is 0. The van der Waals surface area contributed by atoms with E-state index in [1.165, 1.54) is 6.92 Å². The number of aliphatic hydroxyl groups is 2. The number of aliphatic hydroxyl groups excluding tert-OH is 2. The van der Waals surface area contributed by atoms with Gasteiger partial charge in [-0.1, -0.05) is 35.5 Å². The van der Waals surface area contributed by atoms with Gasteiger partial charge in [-0.25, -0.2) is 0 Å². The molecule has 0 aliphatic rings. The third-order valence-corrected chi connectivity index (χ3v) is 3.95. The smallest absolute Gasteiger partial charge is 0.185 e. The van der Waals surface area contributed by atoms with Gasteiger partial charge in [-0.05, 0) is 17.2 Å². The second kappa shape index (κ2) is 7.36. The molecule has 0 saturated carbocycles. The molecule has 0 heterocycles. The minimum Gasteiger partial charge on any atom is -0.389 e. The maximum atomic E-state index is 10.8. The predicted molar refractivity (Wildman–Crippen MR) is 75.1 cm³/mol. The van der Waals surface area contributed by atoms with Gasteiger partial charge in [-0.3, -0.25) is 4.79 Å². The highest BCUT2D eigenvalue weighted by atomic mass is 35.5. The Balaban J connectivity index is 2.76. The van der Waals surface area contributed by atoms with Gasteiger partial charge in [0.25, 0.3) is 0 Å². The van der Waals surface area contributed by atoms with E-state index < -0.39 is 12.2 Å². The first-order valence-corrected chi connectivity index (χ1v) is 7.19. The van der Waals surface area contributed by atoms with Crippen molar-refractivity contribution in [2.45, 2.75) is 25.0 Å². The Labute approximate surface area is 120 Å². The van der Waals surface area contributed by atoms with Gasteiger partial charge in [0.05, 0.1) is 6.10 Å². The second-order valence-corrected chi connectivity index (χ2v) is 5.67. The fraction of sp³-hybridized carbons (Fsp3) is 0.417. The predicted octanol–water partition coefficient (Wildman–Crippen LogP) is 2.75. The summed E-state index contributed by atoms with van der Waals surface area (Å²) in [5.41, 5.74) is 1.23. The molecule has 0 saturated heterocycles. The fourth-order valence-corrected chi connectivity index (χ4v) is 2.46. The van der Waals surface area contributed by atoms with Crippen molar-refractivity contribution in [2.24, 2.45) is 0 Å². The summed E-state index contributed by atoms with van der Waals surface area (Å²) in [6, 6.07) is 4.91. The number of carbonyl (C=O) groups is 1. The van der Waals surface area contributed by atoms with Crippen LogP contribution >= 0.6 is 35.0 Å². The number of rotatable bonds is 5. The van der Waals surface area contributed by atoms with Gasteiger partial charge in [-0.15, -0.1) is 11.6 Å². The summed E-state index contributed by atoms with van der Waals surface area (Å²) in [6.07, 6.45) is -2.07. The zero-order chi connectivity index (χ0) is 13.7. The minimum atomic E-state index is -1.06. The Morgan fingerprint density at radius 2 is 2.11 bits per heavy atom. The molecule has 0 bridgehead atoms. The second-order valence-electron chi connectivity index (χ2n) is 3.80.